The smallest absolute Gasteiger partial charge is 0.333 e. The van der Waals surface area contributed by atoms with Crippen LogP contribution in [0.25, 0.3) is 0 Å². The van der Waals surface area contributed by atoms with Crippen LogP contribution in [0.4, 0.5) is 0 Å². The average molecular weight is 395 g/mol. The third-order valence-corrected chi connectivity index (χ3v) is 4.06. The molecule has 2 atom stereocenters. The van der Waals surface area contributed by atoms with Gasteiger partial charge >= 0.3 is 17.9 Å². The van der Waals surface area contributed by atoms with Crippen molar-refractivity contribution in [3.8, 4) is 0 Å². The summed E-state index contributed by atoms with van der Waals surface area (Å²) in [4.78, 5) is 34.6. The van der Waals surface area contributed by atoms with Crippen molar-refractivity contribution in [1.82, 2.24) is 0 Å². The fourth-order valence-corrected chi connectivity index (χ4v) is 2.25. The molecule has 0 aromatic rings. The van der Waals surface area contributed by atoms with Gasteiger partial charge in [0.2, 0.25) is 0 Å². The van der Waals surface area contributed by atoms with Crippen LogP contribution in [-0.4, -0.2) is 37.7 Å². The molecule has 0 rings (SSSR count). The molecule has 6 heteroatoms. The number of esters is 3. The Morgan fingerprint density at radius 3 is 1.68 bits per heavy atom. The Bertz CT molecular complexity index is 590. The predicted octanol–water partition coefficient (Wildman–Crippen LogP) is 4.16. The number of hydrogen-bond donors (Lipinski definition) is 0. The predicted molar refractivity (Wildman–Crippen MR) is 108 cm³/mol. The zero-order valence-corrected chi connectivity index (χ0v) is 17.7. The van der Waals surface area contributed by atoms with Gasteiger partial charge in [0.25, 0.3) is 0 Å². The maximum atomic E-state index is 11.6. The van der Waals surface area contributed by atoms with Crippen LogP contribution in [0.2, 0.25) is 0 Å². The van der Waals surface area contributed by atoms with Gasteiger partial charge in [0, 0.05) is 16.7 Å². The highest BCUT2D eigenvalue weighted by Crippen LogP contribution is 2.18. The van der Waals surface area contributed by atoms with Crippen molar-refractivity contribution in [1.29, 1.82) is 0 Å². The number of ether oxygens (including phenoxy) is 3. The molecule has 2 unspecified atom stereocenters. The van der Waals surface area contributed by atoms with Gasteiger partial charge in [-0.3, -0.25) is 0 Å². The minimum atomic E-state index is -0.427. The first kappa shape index (κ1) is 25.6. The average Bonchev–Trinajstić information content (AvgIpc) is 2.62. The van der Waals surface area contributed by atoms with Crippen LogP contribution in [-0.2, 0) is 28.6 Å². The quantitative estimate of drug-likeness (QED) is 0.250. The summed E-state index contributed by atoms with van der Waals surface area (Å²) in [6.07, 6.45) is 3.11. The highest BCUT2D eigenvalue weighted by Gasteiger charge is 2.15. The van der Waals surface area contributed by atoms with E-state index in [0.29, 0.717) is 29.7 Å². The molecule has 0 radical (unpaired) electrons. The van der Waals surface area contributed by atoms with E-state index in [1.165, 1.54) is 0 Å². The lowest BCUT2D eigenvalue weighted by atomic mass is 9.96. The van der Waals surface area contributed by atoms with Crippen molar-refractivity contribution in [3.63, 3.8) is 0 Å². The second kappa shape index (κ2) is 13.7. The molecule has 0 spiro atoms. The third kappa shape index (κ3) is 12.1. The molecule has 0 N–H and O–H groups in total. The van der Waals surface area contributed by atoms with E-state index in [-0.39, 0.29) is 31.0 Å². The Kier molecular flexibility index (Phi) is 12.6. The van der Waals surface area contributed by atoms with Crippen molar-refractivity contribution >= 4 is 17.9 Å². The van der Waals surface area contributed by atoms with Crippen LogP contribution in [0.3, 0.4) is 0 Å². The molecule has 6 nitrogen and oxygen atoms in total. The Labute approximate surface area is 168 Å². The molecular formula is C22H34O6. The topological polar surface area (TPSA) is 78.9 Å². The normalized spacial score (nSPS) is 12.4. The SMILES string of the molecule is C=C(C)C(=O)OCCC(CCCC(C)COC(=O)C(=C)C)COC(=O)C(=C)C. The van der Waals surface area contributed by atoms with Crippen molar-refractivity contribution < 1.29 is 28.6 Å². The molecule has 0 bridgehead atoms. The summed E-state index contributed by atoms with van der Waals surface area (Å²) in [6.45, 7) is 18.3. The van der Waals surface area contributed by atoms with E-state index in [1.807, 2.05) is 6.92 Å². The van der Waals surface area contributed by atoms with E-state index in [1.54, 1.807) is 20.8 Å². The van der Waals surface area contributed by atoms with Crippen LogP contribution in [0.5, 0.6) is 0 Å². The Morgan fingerprint density at radius 1 is 0.714 bits per heavy atom. The molecule has 0 aliphatic carbocycles. The highest BCUT2D eigenvalue weighted by molar-refractivity contribution is 5.87. The molecule has 0 aliphatic rings. The van der Waals surface area contributed by atoms with Gasteiger partial charge in [0.15, 0.2) is 0 Å². The molecule has 28 heavy (non-hydrogen) atoms. The molecular weight excluding hydrogens is 360 g/mol. The van der Waals surface area contributed by atoms with Crippen LogP contribution in [0.1, 0.15) is 53.4 Å². The molecule has 0 aromatic carbocycles. The summed E-state index contributed by atoms with van der Waals surface area (Å²) in [7, 11) is 0. The second-order valence-electron chi connectivity index (χ2n) is 7.36. The van der Waals surface area contributed by atoms with Crippen LogP contribution in [0, 0.1) is 11.8 Å². The van der Waals surface area contributed by atoms with Crippen LogP contribution >= 0.6 is 0 Å². The van der Waals surface area contributed by atoms with Gasteiger partial charge in [-0.1, -0.05) is 33.1 Å². The summed E-state index contributed by atoms with van der Waals surface area (Å²) in [5, 5.41) is 0. The maximum absolute atomic E-state index is 11.6. The van der Waals surface area contributed by atoms with Gasteiger partial charge in [0.1, 0.15) is 0 Å². The molecule has 0 amide bonds. The molecule has 0 saturated carbocycles. The lowest BCUT2D eigenvalue weighted by molar-refractivity contribution is -0.143. The van der Waals surface area contributed by atoms with Gasteiger partial charge in [-0.05, 0) is 51.9 Å². The van der Waals surface area contributed by atoms with Gasteiger partial charge in [-0.15, -0.1) is 0 Å². The molecule has 0 fully saturated rings. The Hall–Kier alpha value is -2.37. The van der Waals surface area contributed by atoms with E-state index >= 15 is 0 Å². The number of carbonyl (C=O) groups is 3. The lowest BCUT2D eigenvalue weighted by Crippen LogP contribution is -2.18. The molecule has 0 heterocycles. The largest absolute Gasteiger partial charge is 0.462 e. The molecule has 0 aromatic heterocycles. The first-order valence-electron chi connectivity index (χ1n) is 9.52. The second-order valence-corrected chi connectivity index (χ2v) is 7.36. The Morgan fingerprint density at radius 2 is 1.18 bits per heavy atom. The molecule has 0 aliphatic heterocycles. The van der Waals surface area contributed by atoms with E-state index in [4.69, 9.17) is 14.2 Å². The summed E-state index contributed by atoms with van der Waals surface area (Å²) in [5.41, 5.74) is 1.08. The summed E-state index contributed by atoms with van der Waals surface area (Å²) in [6, 6.07) is 0. The van der Waals surface area contributed by atoms with Gasteiger partial charge < -0.3 is 14.2 Å². The van der Waals surface area contributed by atoms with E-state index in [9.17, 15) is 14.4 Å². The van der Waals surface area contributed by atoms with Crippen molar-refractivity contribution in [3.05, 3.63) is 36.5 Å². The summed E-state index contributed by atoms with van der Waals surface area (Å²) in [5.74, 6) is -0.958. The minimum absolute atomic E-state index is 0.0615. The standard InChI is InChI=1S/C22H34O6/c1-15(2)20(23)26-12-11-19(14-28-22(25)17(5)6)10-8-9-18(7)13-27-21(24)16(3)4/h18-19H,1,3,5,8-14H2,2,4,6-7H3. The fraction of sp³-hybridized carbons (Fsp3) is 0.591. The van der Waals surface area contributed by atoms with Gasteiger partial charge in [0.05, 0.1) is 19.8 Å². The molecule has 158 valence electrons. The maximum Gasteiger partial charge on any atom is 0.333 e. The van der Waals surface area contributed by atoms with Gasteiger partial charge in [-0.25, -0.2) is 14.4 Å². The van der Waals surface area contributed by atoms with Crippen molar-refractivity contribution in [2.24, 2.45) is 11.8 Å². The number of carbonyl (C=O) groups excluding carboxylic acids is 3. The van der Waals surface area contributed by atoms with Crippen molar-refractivity contribution in [2.75, 3.05) is 19.8 Å². The third-order valence-electron chi connectivity index (χ3n) is 4.06. The van der Waals surface area contributed by atoms with Crippen LogP contribution in [0.15, 0.2) is 36.5 Å². The van der Waals surface area contributed by atoms with Crippen LogP contribution < -0.4 is 0 Å². The van der Waals surface area contributed by atoms with E-state index < -0.39 is 11.9 Å². The highest BCUT2D eigenvalue weighted by atomic mass is 16.5. The van der Waals surface area contributed by atoms with E-state index in [2.05, 4.69) is 19.7 Å². The Balaban J connectivity index is 4.41. The summed E-state index contributed by atoms with van der Waals surface area (Å²) >= 11 is 0. The first-order valence-corrected chi connectivity index (χ1v) is 9.52. The lowest BCUT2D eigenvalue weighted by Gasteiger charge is -2.18. The zero-order chi connectivity index (χ0) is 21.7. The van der Waals surface area contributed by atoms with Crippen molar-refractivity contribution in [2.45, 2.75) is 53.4 Å². The number of hydrogen-bond acceptors (Lipinski definition) is 6. The van der Waals surface area contributed by atoms with E-state index in [0.717, 1.165) is 19.3 Å². The minimum Gasteiger partial charge on any atom is -0.462 e. The zero-order valence-electron chi connectivity index (χ0n) is 17.7. The monoisotopic (exact) mass is 394 g/mol. The number of rotatable bonds is 14. The summed E-state index contributed by atoms with van der Waals surface area (Å²) < 4.78 is 15.6. The fourth-order valence-electron chi connectivity index (χ4n) is 2.25. The molecule has 0 saturated heterocycles. The van der Waals surface area contributed by atoms with Gasteiger partial charge in [-0.2, -0.15) is 0 Å². The first-order chi connectivity index (χ1) is 13.0.